The summed E-state index contributed by atoms with van der Waals surface area (Å²) in [6, 6.07) is 3.10. The maximum absolute atomic E-state index is 10.4. The van der Waals surface area contributed by atoms with Gasteiger partial charge in [-0.2, -0.15) is 0 Å². The van der Waals surface area contributed by atoms with E-state index < -0.39 is 5.97 Å². The average molecular weight is 275 g/mol. The van der Waals surface area contributed by atoms with Gasteiger partial charge in [-0.1, -0.05) is 0 Å². The second-order valence-corrected chi connectivity index (χ2v) is 3.77. The second-order valence-electron chi connectivity index (χ2n) is 2.97. The molecule has 0 aliphatic heterocycles. The van der Waals surface area contributed by atoms with E-state index in [4.69, 9.17) is 9.84 Å². The number of aliphatic carboxylic acids is 1. The lowest BCUT2D eigenvalue weighted by atomic mass is 10.1. The first-order valence-corrected chi connectivity index (χ1v) is 5.11. The van der Waals surface area contributed by atoms with Gasteiger partial charge in [-0.05, 0) is 34.5 Å². The number of benzene rings is 1. The molecule has 0 spiro atoms. The summed E-state index contributed by atoms with van der Waals surface area (Å²) in [5, 5.41) is 18.1. The molecule has 0 unspecified atom stereocenters. The van der Waals surface area contributed by atoms with Gasteiger partial charge in [-0.25, -0.2) is 0 Å². The Labute approximate surface area is 95.6 Å². The van der Waals surface area contributed by atoms with Crippen LogP contribution in [0.5, 0.6) is 11.5 Å². The van der Waals surface area contributed by atoms with Gasteiger partial charge in [0.15, 0.2) is 0 Å². The van der Waals surface area contributed by atoms with Gasteiger partial charge in [0.25, 0.3) is 0 Å². The molecule has 0 heterocycles. The number of phenolic OH excluding ortho intramolecular Hbond substituents is 1. The Morgan fingerprint density at radius 3 is 2.73 bits per heavy atom. The van der Waals surface area contributed by atoms with Gasteiger partial charge in [-0.3, -0.25) is 4.79 Å². The monoisotopic (exact) mass is 274 g/mol. The maximum Gasteiger partial charge on any atom is 0.303 e. The van der Waals surface area contributed by atoms with Crippen LogP contribution in [0.2, 0.25) is 0 Å². The van der Waals surface area contributed by atoms with Crippen molar-refractivity contribution in [3.05, 3.63) is 22.2 Å². The number of aromatic hydroxyl groups is 1. The van der Waals surface area contributed by atoms with Crippen molar-refractivity contribution in [2.45, 2.75) is 12.8 Å². The van der Waals surface area contributed by atoms with Crippen LogP contribution in [0.25, 0.3) is 0 Å². The van der Waals surface area contributed by atoms with Crippen molar-refractivity contribution in [2.75, 3.05) is 7.11 Å². The Kier molecular flexibility index (Phi) is 3.96. The highest BCUT2D eigenvalue weighted by Gasteiger charge is 2.12. The minimum absolute atomic E-state index is 0.0284. The smallest absolute Gasteiger partial charge is 0.303 e. The molecule has 0 aliphatic carbocycles. The van der Waals surface area contributed by atoms with Crippen LogP contribution in [0.15, 0.2) is 16.6 Å². The normalized spacial score (nSPS) is 10.0. The largest absolute Gasteiger partial charge is 0.508 e. The SMILES string of the molecule is COc1ccc(O)c(CCC(=O)O)c1Br. The van der Waals surface area contributed by atoms with E-state index in [0.717, 1.165) is 0 Å². The Morgan fingerprint density at radius 1 is 1.53 bits per heavy atom. The van der Waals surface area contributed by atoms with Crippen molar-refractivity contribution >= 4 is 21.9 Å². The quantitative estimate of drug-likeness (QED) is 0.883. The van der Waals surface area contributed by atoms with Crippen molar-refractivity contribution in [3.63, 3.8) is 0 Å². The van der Waals surface area contributed by atoms with E-state index in [1.165, 1.54) is 13.2 Å². The van der Waals surface area contributed by atoms with Crippen LogP contribution in [0.4, 0.5) is 0 Å². The first-order chi connectivity index (χ1) is 7.06. The molecule has 82 valence electrons. The minimum atomic E-state index is -0.899. The predicted octanol–water partition coefficient (Wildman–Crippen LogP) is 2.18. The van der Waals surface area contributed by atoms with Gasteiger partial charge in [0.2, 0.25) is 0 Å². The molecule has 0 bridgehead atoms. The van der Waals surface area contributed by atoms with Crippen molar-refractivity contribution in [1.82, 2.24) is 0 Å². The maximum atomic E-state index is 10.4. The molecule has 5 heteroatoms. The van der Waals surface area contributed by atoms with Gasteiger partial charge < -0.3 is 14.9 Å². The van der Waals surface area contributed by atoms with Gasteiger partial charge in [0.1, 0.15) is 11.5 Å². The average Bonchev–Trinajstić information content (AvgIpc) is 2.17. The highest BCUT2D eigenvalue weighted by atomic mass is 79.9. The molecule has 1 rings (SSSR count). The van der Waals surface area contributed by atoms with Crippen molar-refractivity contribution in [1.29, 1.82) is 0 Å². The molecule has 1 aromatic carbocycles. The number of hydrogen-bond donors (Lipinski definition) is 2. The lowest BCUT2D eigenvalue weighted by molar-refractivity contribution is -0.136. The van der Waals surface area contributed by atoms with E-state index in [1.54, 1.807) is 6.07 Å². The molecule has 2 N–H and O–H groups in total. The number of halogens is 1. The molecule has 0 amide bonds. The van der Waals surface area contributed by atoms with Gasteiger partial charge in [-0.15, -0.1) is 0 Å². The molecule has 0 fully saturated rings. The highest BCUT2D eigenvalue weighted by molar-refractivity contribution is 9.10. The minimum Gasteiger partial charge on any atom is -0.508 e. The second kappa shape index (κ2) is 5.02. The molecule has 0 aliphatic rings. The van der Waals surface area contributed by atoms with E-state index in [0.29, 0.717) is 15.8 Å². The summed E-state index contributed by atoms with van der Waals surface area (Å²) in [6.07, 6.45) is 0.234. The number of carboxylic acids is 1. The summed E-state index contributed by atoms with van der Waals surface area (Å²) < 4.78 is 5.65. The summed E-state index contributed by atoms with van der Waals surface area (Å²) in [5.74, 6) is -0.249. The lowest BCUT2D eigenvalue weighted by Gasteiger charge is -2.09. The number of carboxylic acid groups (broad SMARTS) is 1. The fraction of sp³-hybridized carbons (Fsp3) is 0.300. The zero-order chi connectivity index (χ0) is 11.4. The zero-order valence-corrected chi connectivity index (χ0v) is 9.74. The molecule has 0 saturated heterocycles. The highest BCUT2D eigenvalue weighted by Crippen LogP contribution is 2.35. The first-order valence-electron chi connectivity index (χ1n) is 4.32. The third-order valence-electron chi connectivity index (χ3n) is 1.99. The molecule has 4 nitrogen and oxygen atoms in total. The van der Waals surface area contributed by atoms with Crippen LogP contribution in [-0.4, -0.2) is 23.3 Å². The van der Waals surface area contributed by atoms with E-state index in [1.807, 2.05) is 0 Å². The number of methoxy groups -OCH3 is 1. The van der Waals surface area contributed by atoms with Gasteiger partial charge >= 0.3 is 5.97 Å². The summed E-state index contributed by atoms with van der Waals surface area (Å²) in [4.78, 5) is 10.4. The van der Waals surface area contributed by atoms with Gasteiger partial charge in [0, 0.05) is 12.0 Å². The molecule has 1 aromatic rings. The summed E-state index contributed by atoms with van der Waals surface area (Å²) >= 11 is 3.26. The van der Waals surface area contributed by atoms with Crippen LogP contribution >= 0.6 is 15.9 Å². The molecule has 15 heavy (non-hydrogen) atoms. The van der Waals surface area contributed by atoms with E-state index in [-0.39, 0.29) is 18.6 Å². The number of ether oxygens (including phenoxy) is 1. The molecule has 0 saturated carbocycles. The fourth-order valence-corrected chi connectivity index (χ4v) is 1.91. The third-order valence-corrected chi connectivity index (χ3v) is 2.86. The Morgan fingerprint density at radius 2 is 2.20 bits per heavy atom. The van der Waals surface area contributed by atoms with Crippen LogP contribution in [0.1, 0.15) is 12.0 Å². The third kappa shape index (κ3) is 2.86. The number of phenols is 1. The standard InChI is InChI=1S/C10H11BrO4/c1-15-8-4-3-7(12)6(10(8)11)2-5-9(13)14/h3-4,12H,2,5H2,1H3,(H,13,14). The summed E-state index contributed by atoms with van der Waals surface area (Å²) in [7, 11) is 1.51. The van der Waals surface area contributed by atoms with Gasteiger partial charge in [0.05, 0.1) is 11.6 Å². The fourth-order valence-electron chi connectivity index (χ4n) is 1.22. The van der Waals surface area contributed by atoms with E-state index in [2.05, 4.69) is 15.9 Å². The van der Waals surface area contributed by atoms with Crippen molar-refractivity contribution in [3.8, 4) is 11.5 Å². The molecule has 0 atom stereocenters. The van der Waals surface area contributed by atoms with Crippen LogP contribution in [0, 0.1) is 0 Å². The van der Waals surface area contributed by atoms with Crippen LogP contribution < -0.4 is 4.74 Å². The Balaban J connectivity index is 2.98. The first kappa shape index (κ1) is 11.8. The summed E-state index contributed by atoms with van der Waals surface area (Å²) in [5.41, 5.74) is 0.553. The molecular weight excluding hydrogens is 264 g/mol. The Bertz CT molecular complexity index is 376. The zero-order valence-electron chi connectivity index (χ0n) is 8.16. The van der Waals surface area contributed by atoms with E-state index >= 15 is 0 Å². The van der Waals surface area contributed by atoms with Crippen LogP contribution in [0.3, 0.4) is 0 Å². The van der Waals surface area contributed by atoms with Crippen LogP contribution in [-0.2, 0) is 11.2 Å². The number of hydrogen-bond acceptors (Lipinski definition) is 3. The molecule has 0 radical (unpaired) electrons. The Hall–Kier alpha value is -1.23. The number of carbonyl (C=O) groups is 1. The lowest BCUT2D eigenvalue weighted by Crippen LogP contribution is -1.99. The predicted molar refractivity (Wildman–Crippen MR) is 58.3 cm³/mol. The van der Waals surface area contributed by atoms with E-state index in [9.17, 15) is 9.90 Å². The molecule has 0 aromatic heterocycles. The van der Waals surface area contributed by atoms with Crippen molar-refractivity contribution in [2.24, 2.45) is 0 Å². The molecular formula is C10H11BrO4. The topological polar surface area (TPSA) is 66.8 Å². The van der Waals surface area contributed by atoms with Crippen molar-refractivity contribution < 1.29 is 19.7 Å². The summed E-state index contributed by atoms with van der Waals surface area (Å²) in [6.45, 7) is 0. The number of rotatable bonds is 4.